The zero-order valence-electron chi connectivity index (χ0n) is 12.0. The summed E-state index contributed by atoms with van der Waals surface area (Å²) in [6.07, 6.45) is -0.736. The van der Waals surface area contributed by atoms with Gasteiger partial charge in [-0.05, 0) is 23.8 Å². The maximum Gasteiger partial charge on any atom is 0.407 e. The minimum absolute atomic E-state index is 0.0150. The third-order valence-electron chi connectivity index (χ3n) is 2.81. The molecule has 0 aromatic heterocycles. The normalized spacial score (nSPS) is 10.0. The fraction of sp³-hybridized carbons (Fsp3) is 0.125. The minimum atomic E-state index is -0.736. The van der Waals surface area contributed by atoms with Gasteiger partial charge in [0.15, 0.2) is 0 Å². The van der Waals surface area contributed by atoms with Gasteiger partial charge in [0, 0.05) is 5.02 Å². The summed E-state index contributed by atoms with van der Waals surface area (Å²) >= 11 is 5.62. The molecule has 7 heteroatoms. The van der Waals surface area contributed by atoms with Gasteiger partial charge in [0.1, 0.15) is 19.0 Å². The zero-order valence-corrected chi connectivity index (χ0v) is 12.8. The maximum absolute atomic E-state index is 13.5. The molecule has 0 aliphatic heterocycles. The number of rotatable bonds is 5. The number of carbonyl (C=O) groups excluding carboxylic acids is 2. The molecule has 0 heterocycles. The summed E-state index contributed by atoms with van der Waals surface area (Å²) in [5, 5.41) is 4.83. The lowest BCUT2D eigenvalue weighted by molar-refractivity contribution is -0.115. The molecule has 0 atom stereocenters. The molecule has 0 saturated carbocycles. The smallest absolute Gasteiger partial charge is 0.407 e. The second-order valence-electron chi connectivity index (χ2n) is 4.59. The molecule has 0 aliphatic rings. The molecule has 2 amide bonds. The van der Waals surface area contributed by atoms with E-state index in [4.69, 9.17) is 16.3 Å². The van der Waals surface area contributed by atoms with Gasteiger partial charge in [-0.2, -0.15) is 0 Å². The van der Waals surface area contributed by atoms with E-state index in [1.54, 1.807) is 0 Å². The van der Waals surface area contributed by atoms with Gasteiger partial charge in [-0.1, -0.05) is 41.9 Å². The average Bonchev–Trinajstić information content (AvgIpc) is 2.54. The molecule has 0 fully saturated rings. The number of halogens is 2. The second-order valence-corrected chi connectivity index (χ2v) is 5.02. The van der Waals surface area contributed by atoms with Gasteiger partial charge in [-0.15, -0.1) is 0 Å². The van der Waals surface area contributed by atoms with Crippen LogP contribution in [0, 0.1) is 5.82 Å². The van der Waals surface area contributed by atoms with Crippen molar-refractivity contribution in [2.24, 2.45) is 0 Å². The van der Waals surface area contributed by atoms with Gasteiger partial charge in [-0.25, -0.2) is 9.18 Å². The molecular weight excluding hydrogens is 323 g/mol. The Balaban J connectivity index is 1.74. The van der Waals surface area contributed by atoms with Crippen LogP contribution in [0.2, 0.25) is 5.02 Å². The molecule has 23 heavy (non-hydrogen) atoms. The van der Waals surface area contributed by atoms with E-state index in [1.165, 1.54) is 12.1 Å². The summed E-state index contributed by atoms with van der Waals surface area (Å²) in [5.74, 6) is -1.24. The topological polar surface area (TPSA) is 67.4 Å². The first kappa shape index (κ1) is 16.8. The molecule has 0 unspecified atom stereocenters. The highest BCUT2D eigenvalue weighted by Gasteiger charge is 2.09. The van der Waals surface area contributed by atoms with Crippen LogP contribution in [0.25, 0.3) is 0 Å². The first-order valence-corrected chi connectivity index (χ1v) is 7.12. The standard InChI is InChI=1S/C16H14ClFN2O3/c17-12-6-7-14(13(18)8-12)20-15(21)9-19-16(22)23-10-11-4-2-1-3-5-11/h1-8H,9-10H2,(H,19,22)(H,20,21). The lowest BCUT2D eigenvalue weighted by Crippen LogP contribution is -2.33. The monoisotopic (exact) mass is 336 g/mol. The van der Waals surface area contributed by atoms with E-state index >= 15 is 0 Å². The van der Waals surface area contributed by atoms with Crippen molar-refractivity contribution in [1.29, 1.82) is 0 Å². The van der Waals surface area contributed by atoms with Crippen molar-refractivity contribution in [2.45, 2.75) is 6.61 Å². The fourth-order valence-corrected chi connectivity index (χ4v) is 1.87. The van der Waals surface area contributed by atoms with Gasteiger partial charge in [-0.3, -0.25) is 4.79 Å². The highest BCUT2D eigenvalue weighted by molar-refractivity contribution is 6.30. The Kier molecular flexibility index (Phi) is 5.94. The lowest BCUT2D eigenvalue weighted by atomic mass is 10.2. The predicted octanol–water partition coefficient (Wildman–Crippen LogP) is 3.34. The Hall–Kier alpha value is -2.60. The Bertz CT molecular complexity index is 695. The van der Waals surface area contributed by atoms with Crippen LogP contribution in [0.3, 0.4) is 0 Å². The number of hydrogen-bond donors (Lipinski definition) is 2. The Morgan fingerprint density at radius 3 is 2.57 bits per heavy atom. The third-order valence-corrected chi connectivity index (χ3v) is 3.05. The summed E-state index contributed by atoms with van der Waals surface area (Å²) in [7, 11) is 0. The van der Waals surface area contributed by atoms with Crippen LogP contribution in [0.15, 0.2) is 48.5 Å². The van der Waals surface area contributed by atoms with E-state index in [2.05, 4.69) is 10.6 Å². The van der Waals surface area contributed by atoms with Crippen molar-refractivity contribution in [3.8, 4) is 0 Å². The SMILES string of the molecule is O=C(CNC(=O)OCc1ccccc1)Nc1ccc(Cl)cc1F. The number of amides is 2. The molecule has 0 aliphatic carbocycles. The van der Waals surface area contributed by atoms with E-state index in [9.17, 15) is 14.0 Å². The van der Waals surface area contributed by atoms with Crippen molar-refractivity contribution in [3.63, 3.8) is 0 Å². The number of ether oxygens (including phenoxy) is 1. The van der Waals surface area contributed by atoms with Crippen molar-refractivity contribution in [1.82, 2.24) is 5.32 Å². The lowest BCUT2D eigenvalue weighted by Gasteiger charge is -2.08. The molecule has 0 spiro atoms. The van der Waals surface area contributed by atoms with Crippen LogP contribution in [0.5, 0.6) is 0 Å². The van der Waals surface area contributed by atoms with E-state index in [1.807, 2.05) is 30.3 Å². The highest BCUT2D eigenvalue weighted by Crippen LogP contribution is 2.18. The molecular formula is C16H14ClFN2O3. The number of benzene rings is 2. The van der Waals surface area contributed by atoms with Gasteiger partial charge in [0.05, 0.1) is 5.69 Å². The van der Waals surface area contributed by atoms with Crippen molar-refractivity contribution in [3.05, 3.63) is 64.9 Å². The van der Waals surface area contributed by atoms with E-state index in [-0.39, 0.29) is 23.9 Å². The summed E-state index contributed by atoms with van der Waals surface area (Å²) in [5.41, 5.74) is 0.814. The number of carbonyl (C=O) groups is 2. The van der Waals surface area contributed by atoms with Crippen molar-refractivity contribution in [2.75, 3.05) is 11.9 Å². The largest absolute Gasteiger partial charge is 0.445 e. The van der Waals surface area contributed by atoms with Crippen LogP contribution in [0.4, 0.5) is 14.9 Å². The predicted molar refractivity (Wildman–Crippen MR) is 84.7 cm³/mol. The minimum Gasteiger partial charge on any atom is -0.445 e. The Morgan fingerprint density at radius 2 is 1.87 bits per heavy atom. The molecule has 120 valence electrons. The molecule has 0 bridgehead atoms. The highest BCUT2D eigenvalue weighted by atomic mass is 35.5. The molecule has 0 saturated heterocycles. The maximum atomic E-state index is 13.5. The second kappa shape index (κ2) is 8.14. The number of nitrogens with one attached hydrogen (secondary N) is 2. The summed E-state index contributed by atoms with van der Waals surface area (Å²) in [4.78, 5) is 23.1. The Labute approximate surface area is 137 Å². The summed E-state index contributed by atoms with van der Waals surface area (Å²) in [6, 6.07) is 13.0. The fourth-order valence-electron chi connectivity index (χ4n) is 1.71. The number of anilines is 1. The van der Waals surface area contributed by atoms with E-state index in [0.717, 1.165) is 11.6 Å². The third kappa shape index (κ3) is 5.60. The number of hydrogen-bond acceptors (Lipinski definition) is 3. The van der Waals surface area contributed by atoms with E-state index in [0.29, 0.717) is 0 Å². The van der Waals surface area contributed by atoms with Crippen LogP contribution in [-0.4, -0.2) is 18.5 Å². The van der Waals surface area contributed by atoms with Gasteiger partial charge in [0.25, 0.3) is 0 Å². The first-order chi connectivity index (χ1) is 11.0. The molecule has 0 radical (unpaired) electrons. The zero-order chi connectivity index (χ0) is 16.7. The van der Waals surface area contributed by atoms with Gasteiger partial charge >= 0.3 is 6.09 Å². The van der Waals surface area contributed by atoms with Gasteiger partial charge < -0.3 is 15.4 Å². The molecule has 5 nitrogen and oxygen atoms in total. The Morgan fingerprint density at radius 1 is 1.13 bits per heavy atom. The number of alkyl carbamates (subject to hydrolysis) is 1. The summed E-state index contributed by atoms with van der Waals surface area (Å²) in [6.45, 7) is -0.240. The van der Waals surface area contributed by atoms with E-state index < -0.39 is 17.8 Å². The molecule has 2 aromatic carbocycles. The van der Waals surface area contributed by atoms with Crippen LogP contribution < -0.4 is 10.6 Å². The van der Waals surface area contributed by atoms with Crippen molar-refractivity contribution < 1.29 is 18.7 Å². The molecule has 2 rings (SSSR count). The van der Waals surface area contributed by atoms with Crippen LogP contribution in [-0.2, 0) is 16.1 Å². The summed E-state index contributed by atoms with van der Waals surface area (Å²) < 4.78 is 18.5. The average molecular weight is 337 g/mol. The van der Waals surface area contributed by atoms with Crippen LogP contribution in [0.1, 0.15) is 5.56 Å². The quantitative estimate of drug-likeness (QED) is 0.880. The first-order valence-electron chi connectivity index (χ1n) is 6.74. The molecule has 2 N–H and O–H groups in total. The molecule has 2 aromatic rings. The van der Waals surface area contributed by atoms with Crippen LogP contribution >= 0.6 is 11.6 Å². The van der Waals surface area contributed by atoms with Crippen molar-refractivity contribution >= 4 is 29.3 Å². The van der Waals surface area contributed by atoms with Gasteiger partial charge in [0.2, 0.25) is 5.91 Å².